The molecule has 0 unspecified atom stereocenters. The van der Waals surface area contributed by atoms with Crippen molar-refractivity contribution in [3.8, 4) is 0 Å². The molecule has 0 fully saturated rings. The first-order valence-electron chi connectivity index (χ1n) is 8.84. The van der Waals surface area contributed by atoms with Gasteiger partial charge < -0.3 is 4.90 Å². The average molecular weight is 290 g/mol. The van der Waals surface area contributed by atoms with Gasteiger partial charge in [-0.1, -0.05) is 58.0 Å². The van der Waals surface area contributed by atoms with Crippen LogP contribution < -0.4 is 0 Å². The molecule has 1 heteroatoms. The minimum atomic E-state index is 0.830. The number of rotatable bonds is 11. The number of hydrogen-bond donors (Lipinski definition) is 0. The van der Waals surface area contributed by atoms with Crippen molar-refractivity contribution >= 4 is 0 Å². The molecule has 1 rings (SSSR count). The largest absolute Gasteiger partial charge is 0.303 e. The molecule has 0 aliphatic rings. The van der Waals surface area contributed by atoms with Gasteiger partial charge in [-0.15, -0.1) is 0 Å². The maximum atomic E-state index is 2.68. The minimum Gasteiger partial charge on any atom is -0.303 e. The highest BCUT2D eigenvalue weighted by Crippen LogP contribution is 2.10. The Bertz CT molecular complexity index is 328. The van der Waals surface area contributed by atoms with E-state index in [4.69, 9.17) is 0 Å². The topological polar surface area (TPSA) is 3.24 Å². The molecule has 0 saturated carbocycles. The van der Waals surface area contributed by atoms with Crippen LogP contribution in [0, 0.1) is 11.8 Å². The maximum Gasteiger partial charge on any atom is 0.00218 e. The van der Waals surface area contributed by atoms with Crippen molar-refractivity contribution in [2.75, 3.05) is 19.6 Å². The molecule has 0 aromatic heterocycles. The van der Waals surface area contributed by atoms with Crippen molar-refractivity contribution in [1.29, 1.82) is 0 Å². The van der Waals surface area contributed by atoms with E-state index in [1.165, 1.54) is 57.3 Å². The monoisotopic (exact) mass is 289 g/mol. The number of hydrogen-bond acceptors (Lipinski definition) is 1. The Morgan fingerprint density at radius 3 is 1.76 bits per heavy atom. The van der Waals surface area contributed by atoms with Crippen molar-refractivity contribution in [2.24, 2.45) is 11.8 Å². The van der Waals surface area contributed by atoms with Gasteiger partial charge in [0.15, 0.2) is 0 Å². The zero-order chi connectivity index (χ0) is 15.5. The summed E-state index contributed by atoms with van der Waals surface area (Å²) in [6, 6.07) is 10.9. The number of nitrogens with zero attached hydrogens (tertiary/aromatic N) is 1. The van der Waals surface area contributed by atoms with E-state index in [1.807, 2.05) is 0 Å². The van der Waals surface area contributed by atoms with Crippen LogP contribution >= 0.6 is 0 Å². The highest BCUT2D eigenvalue weighted by Gasteiger charge is 2.06. The van der Waals surface area contributed by atoms with Gasteiger partial charge in [-0.25, -0.2) is 0 Å². The Labute approximate surface area is 132 Å². The van der Waals surface area contributed by atoms with E-state index in [9.17, 15) is 0 Å². The van der Waals surface area contributed by atoms with E-state index in [2.05, 4.69) is 62.9 Å². The second-order valence-electron chi connectivity index (χ2n) is 7.15. The fraction of sp³-hybridized carbons (Fsp3) is 0.700. The van der Waals surface area contributed by atoms with Crippen LogP contribution in [0.1, 0.15) is 58.9 Å². The Morgan fingerprint density at radius 1 is 0.762 bits per heavy atom. The summed E-state index contributed by atoms with van der Waals surface area (Å²) in [4.78, 5) is 2.68. The predicted octanol–water partition coefficient (Wildman–Crippen LogP) is 5.40. The second-order valence-corrected chi connectivity index (χ2v) is 7.15. The zero-order valence-corrected chi connectivity index (χ0v) is 14.6. The molecule has 0 saturated heterocycles. The maximum absolute atomic E-state index is 2.68. The Hall–Kier alpha value is -0.820. The highest BCUT2D eigenvalue weighted by molar-refractivity contribution is 5.14. The SMILES string of the molecule is CC(C)CCCN(CCCC(C)C)CCc1ccccc1. The normalized spacial score (nSPS) is 11.8. The van der Waals surface area contributed by atoms with Gasteiger partial charge in [-0.3, -0.25) is 0 Å². The fourth-order valence-corrected chi connectivity index (χ4v) is 2.71. The van der Waals surface area contributed by atoms with Crippen LogP contribution in [-0.4, -0.2) is 24.5 Å². The Morgan fingerprint density at radius 2 is 1.29 bits per heavy atom. The quantitative estimate of drug-likeness (QED) is 0.527. The lowest BCUT2D eigenvalue weighted by Gasteiger charge is -2.23. The summed E-state index contributed by atoms with van der Waals surface area (Å²) in [6.07, 6.45) is 6.57. The third kappa shape index (κ3) is 9.68. The lowest BCUT2D eigenvalue weighted by Crippen LogP contribution is -2.29. The van der Waals surface area contributed by atoms with Crippen LogP contribution in [0.3, 0.4) is 0 Å². The lowest BCUT2D eigenvalue weighted by molar-refractivity contribution is 0.256. The molecule has 21 heavy (non-hydrogen) atoms. The van der Waals surface area contributed by atoms with Crippen LogP contribution in [0.4, 0.5) is 0 Å². The van der Waals surface area contributed by atoms with Crippen molar-refractivity contribution in [3.63, 3.8) is 0 Å². The fourth-order valence-electron chi connectivity index (χ4n) is 2.71. The predicted molar refractivity (Wildman–Crippen MR) is 94.7 cm³/mol. The molecule has 1 aromatic rings. The molecule has 0 atom stereocenters. The van der Waals surface area contributed by atoms with E-state index < -0.39 is 0 Å². The molecular formula is C20H35N. The summed E-state index contributed by atoms with van der Waals surface area (Å²) in [6.45, 7) is 13.0. The Kier molecular flexibility index (Phi) is 9.41. The highest BCUT2D eigenvalue weighted by atomic mass is 15.1. The molecule has 0 N–H and O–H groups in total. The summed E-state index contributed by atoms with van der Waals surface area (Å²) in [5.74, 6) is 1.66. The van der Waals surface area contributed by atoms with Gasteiger partial charge in [0.05, 0.1) is 0 Å². The first-order chi connectivity index (χ1) is 10.1. The van der Waals surface area contributed by atoms with Gasteiger partial charge in [-0.05, 0) is 62.6 Å². The average Bonchev–Trinajstić information content (AvgIpc) is 2.44. The third-order valence-corrected chi connectivity index (χ3v) is 4.07. The van der Waals surface area contributed by atoms with Gasteiger partial charge in [-0.2, -0.15) is 0 Å². The summed E-state index contributed by atoms with van der Waals surface area (Å²) in [7, 11) is 0. The molecule has 0 radical (unpaired) electrons. The van der Waals surface area contributed by atoms with E-state index in [1.54, 1.807) is 0 Å². The minimum absolute atomic E-state index is 0.830. The van der Waals surface area contributed by atoms with E-state index in [0.717, 1.165) is 11.8 Å². The first-order valence-corrected chi connectivity index (χ1v) is 8.84. The van der Waals surface area contributed by atoms with Crippen molar-refractivity contribution in [3.05, 3.63) is 35.9 Å². The summed E-state index contributed by atoms with van der Waals surface area (Å²) in [5, 5.41) is 0. The van der Waals surface area contributed by atoms with Crippen molar-refractivity contribution < 1.29 is 0 Å². The van der Waals surface area contributed by atoms with E-state index in [-0.39, 0.29) is 0 Å². The third-order valence-electron chi connectivity index (χ3n) is 4.07. The smallest absolute Gasteiger partial charge is 0.00218 e. The summed E-state index contributed by atoms with van der Waals surface area (Å²) in [5.41, 5.74) is 1.47. The van der Waals surface area contributed by atoms with Gasteiger partial charge in [0.2, 0.25) is 0 Å². The van der Waals surface area contributed by atoms with Gasteiger partial charge >= 0.3 is 0 Å². The van der Waals surface area contributed by atoms with Crippen LogP contribution in [0.25, 0.3) is 0 Å². The lowest BCUT2D eigenvalue weighted by atomic mass is 10.1. The van der Waals surface area contributed by atoms with Crippen LogP contribution in [0.2, 0.25) is 0 Å². The Balaban J connectivity index is 2.34. The van der Waals surface area contributed by atoms with Gasteiger partial charge in [0.1, 0.15) is 0 Å². The molecule has 0 bridgehead atoms. The van der Waals surface area contributed by atoms with E-state index >= 15 is 0 Å². The molecule has 0 amide bonds. The molecule has 120 valence electrons. The molecule has 1 nitrogen and oxygen atoms in total. The summed E-state index contributed by atoms with van der Waals surface area (Å²) < 4.78 is 0. The van der Waals surface area contributed by atoms with Crippen molar-refractivity contribution in [1.82, 2.24) is 4.90 Å². The molecule has 1 aromatic carbocycles. The van der Waals surface area contributed by atoms with Gasteiger partial charge in [0, 0.05) is 6.54 Å². The van der Waals surface area contributed by atoms with E-state index in [0.29, 0.717) is 0 Å². The van der Waals surface area contributed by atoms with Crippen LogP contribution in [0.5, 0.6) is 0 Å². The number of benzene rings is 1. The van der Waals surface area contributed by atoms with Crippen molar-refractivity contribution in [2.45, 2.75) is 59.8 Å². The molecule has 0 heterocycles. The van der Waals surface area contributed by atoms with Gasteiger partial charge in [0.25, 0.3) is 0 Å². The van der Waals surface area contributed by atoms with Crippen LogP contribution in [0.15, 0.2) is 30.3 Å². The molecular weight excluding hydrogens is 254 g/mol. The standard InChI is InChI=1S/C20H35N/c1-18(2)10-8-15-21(16-9-11-19(3)4)17-14-20-12-6-5-7-13-20/h5-7,12-13,18-19H,8-11,14-17H2,1-4H3. The summed E-state index contributed by atoms with van der Waals surface area (Å²) >= 11 is 0. The second kappa shape index (κ2) is 10.8. The van der Waals surface area contributed by atoms with Crippen LogP contribution in [-0.2, 0) is 6.42 Å². The molecule has 0 aliphatic carbocycles. The zero-order valence-electron chi connectivity index (χ0n) is 14.6. The first kappa shape index (κ1) is 18.2. The molecule has 0 aliphatic heterocycles. The molecule has 0 spiro atoms.